The lowest BCUT2D eigenvalue weighted by molar-refractivity contribution is 0.400. The number of hydrogen-bond acceptors (Lipinski definition) is 2. The van der Waals surface area contributed by atoms with Crippen LogP contribution in [-0.4, -0.2) is 7.11 Å². The summed E-state index contributed by atoms with van der Waals surface area (Å²) in [5.74, 6) is -1.48. The van der Waals surface area contributed by atoms with Gasteiger partial charge in [-0.3, -0.25) is 0 Å². The second kappa shape index (κ2) is 4.43. The summed E-state index contributed by atoms with van der Waals surface area (Å²) in [6.45, 7) is -0.203. The maximum Gasteiger partial charge on any atom is 0.133 e. The van der Waals surface area contributed by atoms with Gasteiger partial charge in [0.1, 0.15) is 17.4 Å². The third-order valence-electron chi connectivity index (χ3n) is 1.63. The Morgan fingerprint density at radius 1 is 1.50 bits per heavy atom. The molecule has 0 aromatic heterocycles. The van der Waals surface area contributed by atoms with Crippen LogP contribution < -0.4 is 4.74 Å². The van der Waals surface area contributed by atoms with Gasteiger partial charge in [0.05, 0.1) is 13.7 Å². The molecule has 4 nitrogen and oxygen atoms in total. The van der Waals surface area contributed by atoms with Crippen LogP contribution >= 0.6 is 0 Å². The molecule has 0 heterocycles. The molecule has 0 N–H and O–H groups in total. The molecule has 1 aromatic carbocycles. The van der Waals surface area contributed by atoms with Crippen LogP contribution in [0.4, 0.5) is 8.78 Å². The molecule has 0 saturated carbocycles. The summed E-state index contributed by atoms with van der Waals surface area (Å²) >= 11 is 0. The molecule has 74 valence electrons. The van der Waals surface area contributed by atoms with Crippen LogP contribution in [0.5, 0.6) is 5.75 Å². The smallest absolute Gasteiger partial charge is 0.133 e. The van der Waals surface area contributed by atoms with Crippen LogP contribution in [0.15, 0.2) is 17.2 Å². The van der Waals surface area contributed by atoms with Gasteiger partial charge in [0.2, 0.25) is 0 Å². The van der Waals surface area contributed by atoms with Crippen molar-refractivity contribution in [3.8, 4) is 5.75 Å². The number of halogens is 2. The van der Waals surface area contributed by atoms with Crippen LogP contribution in [0.2, 0.25) is 0 Å². The van der Waals surface area contributed by atoms with E-state index < -0.39 is 11.6 Å². The van der Waals surface area contributed by atoms with Gasteiger partial charge in [-0.25, -0.2) is 8.78 Å². The van der Waals surface area contributed by atoms with Crippen LogP contribution in [0.1, 0.15) is 5.56 Å². The predicted octanol–water partition coefficient (Wildman–Crippen LogP) is 2.78. The number of azide groups is 1. The predicted molar refractivity (Wildman–Crippen MR) is 45.8 cm³/mol. The Bertz CT molecular complexity index is 388. The molecular formula is C8H7F2N3O. The summed E-state index contributed by atoms with van der Waals surface area (Å²) in [5, 5.41) is 3.18. The van der Waals surface area contributed by atoms with Crippen LogP contribution in [0, 0.1) is 11.6 Å². The average molecular weight is 199 g/mol. The molecule has 1 aromatic rings. The fraction of sp³-hybridized carbons (Fsp3) is 0.250. The molecule has 6 heteroatoms. The van der Waals surface area contributed by atoms with Gasteiger partial charge in [-0.2, -0.15) is 0 Å². The first-order valence-corrected chi connectivity index (χ1v) is 3.71. The molecule has 14 heavy (non-hydrogen) atoms. The minimum absolute atomic E-state index is 0.0369. The fourth-order valence-electron chi connectivity index (χ4n) is 1.02. The Labute approximate surface area is 78.7 Å². The van der Waals surface area contributed by atoms with Crippen molar-refractivity contribution in [2.75, 3.05) is 7.11 Å². The van der Waals surface area contributed by atoms with Crippen LogP contribution in [0.3, 0.4) is 0 Å². The van der Waals surface area contributed by atoms with Crippen molar-refractivity contribution in [2.45, 2.75) is 6.54 Å². The molecule has 1 rings (SSSR count). The minimum Gasteiger partial charge on any atom is -0.496 e. The van der Waals surface area contributed by atoms with Gasteiger partial charge in [0.15, 0.2) is 0 Å². The molecule has 0 spiro atoms. The highest BCUT2D eigenvalue weighted by molar-refractivity contribution is 5.35. The zero-order valence-corrected chi connectivity index (χ0v) is 7.37. The molecular weight excluding hydrogens is 192 g/mol. The second-order valence-corrected chi connectivity index (χ2v) is 2.46. The zero-order chi connectivity index (χ0) is 10.6. The topological polar surface area (TPSA) is 58.0 Å². The van der Waals surface area contributed by atoms with Crippen molar-refractivity contribution >= 4 is 0 Å². The molecule has 0 unspecified atom stereocenters. The molecule has 0 bridgehead atoms. The van der Waals surface area contributed by atoms with Gasteiger partial charge in [-0.05, 0) is 5.53 Å². The van der Waals surface area contributed by atoms with Gasteiger partial charge in [0, 0.05) is 22.6 Å². The molecule has 0 aliphatic carbocycles. The van der Waals surface area contributed by atoms with Crippen LogP contribution in [-0.2, 0) is 6.54 Å². The third-order valence-corrected chi connectivity index (χ3v) is 1.63. The normalized spacial score (nSPS) is 9.36. The van der Waals surface area contributed by atoms with E-state index in [1.165, 1.54) is 7.11 Å². The summed E-state index contributed by atoms with van der Waals surface area (Å²) < 4.78 is 30.6. The minimum atomic E-state index is -0.783. The van der Waals surface area contributed by atoms with E-state index in [1.54, 1.807) is 0 Å². The maximum absolute atomic E-state index is 13.1. The van der Waals surface area contributed by atoms with E-state index in [9.17, 15) is 8.78 Å². The van der Waals surface area contributed by atoms with E-state index in [4.69, 9.17) is 10.3 Å². The Morgan fingerprint density at radius 2 is 2.21 bits per heavy atom. The number of nitrogens with zero attached hydrogens (tertiary/aromatic N) is 3. The number of benzene rings is 1. The summed E-state index contributed by atoms with van der Waals surface area (Å²) in [6.07, 6.45) is 0. The Balaban J connectivity index is 3.17. The fourth-order valence-corrected chi connectivity index (χ4v) is 1.02. The van der Waals surface area contributed by atoms with Crippen molar-refractivity contribution in [1.82, 2.24) is 0 Å². The van der Waals surface area contributed by atoms with E-state index in [2.05, 4.69) is 10.0 Å². The van der Waals surface area contributed by atoms with Gasteiger partial charge >= 0.3 is 0 Å². The SMILES string of the molecule is COc1cc(F)cc(F)c1CN=[N+]=[N-]. The lowest BCUT2D eigenvalue weighted by atomic mass is 10.2. The third kappa shape index (κ3) is 2.11. The molecule has 0 fully saturated rings. The van der Waals surface area contributed by atoms with Gasteiger partial charge < -0.3 is 4.74 Å². The van der Waals surface area contributed by atoms with E-state index >= 15 is 0 Å². The monoisotopic (exact) mass is 199 g/mol. The van der Waals surface area contributed by atoms with Crippen molar-refractivity contribution in [2.24, 2.45) is 5.11 Å². The summed E-state index contributed by atoms with van der Waals surface area (Å²) in [4.78, 5) is 2.48. The van der Waals surface area contributed by atoms with Gasteiger partial charge in [-0.1, -0.05) is 5.11 Å². The lowest BCUT2D eigenvalue weighted by Crippen LogP contribution is -1.96. The summed E-state index contributed by atoms with van der Waals surface area (Å²) in [7, 11) is 1.29. The van der Waals surface area contributed by atoms with E-state index in [-0.39, 0.29) is 17.9 Å². The van der Waals surface area contributed by atoms with Crippen molar-refractivity contribution in [3.05, 3.63) is 39.8 Å². The molecule has 0 amide bonds. The molecule has 0 radical (unpaired) electrons. The highest BCUT2D eigenvalue weighted by Gasteiger charge is 2.10. The number of rotatable bonds is 3. The first-order valence-electron chi connectivity index (χ1n) is 3.71. The highest BCUT2D eigenvalue weighted by Crippen LogP contribution is 2.23. The van der Waals surface area contributed by atoms with Crippen molar-refractivity contribution in [3.63, 3.8) is 0 Å². The average Bonchev–Trinajstić information content (AvgIpc) is 2.15. The van der Waals surface area contributed by atoms with Crippen molar-refractivity contribution in [1.29, 1.82) is 0 Å². The summed E-state index contributed by atoms with van der Waals surface area (Å²) in [6, 6.07) is 1.75. The standard InChI is InChI=1S/C8H7F2N3O/c1-14-8-3-5(9)2-7(10)6(8)4-12-13-11/h2-3H,4H2,1H3. The Hall–Kier alpha value is -1.81. The first kappa shape index (κ1) is 10.3. The molecule has 0 atom stereocenters. The zero-order valence-electron chi connectivity index (χ0n) is 7.37. The van der Waals surface area contributed by atoms with Gasteiger partial charge in [-0.15, -0.1) is 0 Å². The van der Waals surface area contributed by atoms with Crippen LogP contribution in [0.25, 0.3) is 10.4 Å². The number of ether oxygens (including phenoxy) is 1. The molecule has 0 saturated heterocycles. The van der Waals surface area contributed by atoms with E-state index in [0.717, 1.165) is 6.07 Å². The Kier molecular flexibility index (Phi) is 3.25. The molecule has 0 aliphatic rings. The first-order chi connectivity index (χ1) is 6.69. The van der Waals surface area contributed by atoms with Crippen molar-refractivity contribution < 1.29 is 13.5 Å². The quantitative estimate of drug-likeness (QED) is 0.419. The number of methoxy groups -OCH3 is 1. The molecule has 0 aliphatic heterocycles. The second-order valence-electron chi connectivity index (χ2n) is 2.46. The lowest BCUT2D eigenvalue weighted by Gasteiger charge is -2.06. The largest absolute Gasteiger partial charge is 0.496 e. The van der Waals surface area contributed by atoms with E-state index in [0.29, 0.717) is 6.07 Å². The highest BCUT2D eigenvalue weighted by atomic mass is 19.1. The van der Waals surface area contributed by atoms with E-state index in [1.807, 2.05) is 0 Å². The summed E-state index contributed by atoms with van der Waals surface area (Å²) in [5.41, 5.74) is 8.11. The Morgan fingerprint density at radius 3 is 2.79 bits per heavy atom. The van der Waals surface area contributed by atoms with Gasteiger partial charge in [0.25, 0.3) is 0 Å². The number of hydrogen-bond donors (Lipinski definition) is 0. The maximum atomic E-state index is 13.1.